The van der Waals surface area contributed by atoms with Gasteiger partial charge in [-0.25, -0.2) is 4.79 Å². The molecule has 8 nitrogen and oxygen atoms in total. The van der Waals surface area contributed by atoms with E-state index in [2.05, 4.69) is 5.32 Å². The monoisotopic (exact) mass is 410 g/mol. The van der Waals surface area contributed by atoms with Gasteiger partial charge in [-0.3, -0.25) is 9.59 Å². The third kappa shape index (κ3) is 4.07. The van der Waals surface area contributed by atoms with E-state index in [9.17, 15) is 14.4 Å². The summed E-state index contributed by atoms with van der Waals surface area (Å²) in [5.74, 6) is -0.0756. The number of nitrogens with zero attached hydrogens (tertiary/aromatic N) is 1. The number of carbonyl (C=O) groups is 3. The van der Waals surface area contributed by atoms with Crippen molar-refractivity contribution in [3.63, 3.8) is 0 Å². The van der Waals surface area contributed by atoms with Gasteiger partial charge in [0.25, 0.3) is 5.91 Å². The van der Waals surface area contributed by atoms with Gasteiger partial charge in [0.15, 0.2) is 17.6 Å². The van der Waals surface area contributed by atoms with Crippen LogP contribution >= 0.6 is 0 Å². The molecule has 0 saturated carbocycles. The minimum atomic E-state index is -0.936. The molecule has 0 aromatic heterocycles. The fourth-order valence-electron chi connectivity index (χ4n) is 3.51. The van der Waals surface area contributed by atoms with Crippen molar-refractivity contribution < 1.29 is 28.6 Å². The Morgan fingerprint density at radius 3 is 2.67 bits per heavy atom. The molecule has 0 spiro atoms. The van der Waals surface area contributed by atoms with E-state index < -0.39 is 18.0 Å². The van der Waals surface area contributed by atoms with Gasteiger partial charge in [-0.05, 0) is 30.7 Å². The van der Waals surface area contributed by atoms with Crippen LogP contribution in [0.4, 0.5) is 5.69 Å². The van der Waals surface area contributed by atoms with Crippen LogP contribution in [0.2, 0.25) is 0 Å². The van der Waals surface area contributed by atoms with E-state index in [1.165, 1.54) is 4.90 Å². The van der Waals surface area contributed by atoms with E-state index in [-0.39, 0.29) is 12.5 Å². The third-order valence-electron chi connectivity index (χ3n) is 5.02. The van der Waals surface area contributed by atoms with Crippen molar-refractivity contribution in [2.45, 2.75) is 19.4 Å². The smallest absolute Gasteiger partial charge is 0.339 e. The highest BCUT2D eigenvalue weighted by Crippen LogP contribution is 2.32. The summed E-state index contributed by atoms with van der Waals surface area (Å²) in [7, 11) is 0. The minimum Gasteiger partial charge on any atom is -0.486 e. The minimum absolute atomic E-state index is 0.153. The van der Waals surface area contributed by atoms with Gasteiger partial charge >= 0.3 is 5.97 Å². The summed E-state index contributed by atoms with van der Waals surface area (Å²) < 4.78 is 16.3. The largest absolute Gasteiger partial charge is 0.486 e. The number of hydrogen-bond acceptors (Lipinski definition) is 6. The van der Waals surface area contributed by atoms with Crippen LogP contribution in [0.5, 0.6) is 11.5 Å². The molecular weight excluding hydrogens is 388 g/mol. The summed E-state index contributed by atoms with van der Waals surface area (Å²) >= 11 is 0. The van der Waals surface area contributed by atoms with E-state index >= 15 is 0 Å². The van der Waals surface area contributed by atoms with Gasteiger partial charge in [-0.15, -0.1) is 0 Å². The molecule has 2 aromatic rings. The quantitative estimate of drug-likeness (QED) is 0.758. The molecular formula is C22H22N2O6. The average Bonchev–Trinajstić information content (AvgIpc) is 2.77. The molecule has 0 saturated heterocycles. The number of hydrogen-bond donors (Lipinski definition) is 1. The predicted molar refractivity (Wildman–Crippen MR) is 108 cm³/mol. The molecule has 0 radical (unpaired) electrons. The lowest BCUT2D eigenvalue weighted by atomic mass is 9.98. The van der Waals surface area contributed by atoms with Crippen molar-refractivity contribution >= 4 is 23.5 Å². The first kappa shape index (κ1) is 19.8. The molecule has 0 aliphatic carbocycles. The normalized spacial score (nSPS) is 16.8. The summed E-state index contributed by atoms with van der Waals surface area (Å²) in [5.41, 5.74) is 1.79. The zero-order chi connectivity index (χ0) is 21.1. The SMILES string of the molecule is CCN(CC(=O)Nc1ccc2c(c1)OCCO2)C(=O)[C@H]1Cc2ccccc2C(=O)O1. The summed E-state index contributed by atoms with van der Waals surface area (Å²) in [6, 6.07) is 12.2. The summed E-state index contributed by atoms with van der Waals surface area (Å²) in [6.07, 6.45) is -0.643. The molecule has 0 fully saturated rings. The van der Waals surface area contributed by atoms with E-state index in [0.29, 0.717) is 48.9 Å². The number of rotatable bonds is 5. The third-order valence-corrected chi connectivity index (χ3v) is 5.02. The van der Waals surface area contributed by atoms with Crippen LogP contribution in [-0.4, -0.2) is 55.1 Å². The highest BCUT2D eigenvalue weighted by atomic mass is 16.6. The Labute approximate surface area is 173 Å². The van der Waals surface area contributed by atoms with Crippen LogP contribution in [0.3, 0.4) is 0 Å². The van der Waals surface area contributed by atoms with Crippen molar-refractivity contribution in [1.29, 1.82) is 0 Å². The molecule has 2 aliphatic rings. The lowest BCUT2D eigenvalue weighted by Gasteiger charge is -2.29. The first-order valence-corrected chi connectivity index (χ1v) is 9.82. The van der Waals surface area contributed by atoms with Gasteiger partial charge in [0.05, 0.1) is 12.1 Å². The van der Waals surface area contributed by atoms with Crippen molar-refractivity contribution in [2.75, 3.05) is 31.6 Å². The second kappa shape index (κ2) is 8.44. The molecule has 0 bridgehead atoms. The Hall–Kier alpha value is -3.55. The number of carbonyl (C=O) groups excluding carboxylic acids is 3. The highest BCUT2D eigenvalue weighted by molar-refractivity contribution is 5.98. The zero-order valence-corrected chi connectivity index (χ0v) is 16.6. The number of amides is 2. The standard InChI is InChI=1S/C22H22N2O6/c1-2-24(21(26)19-11-14-5-3-4-6-16(14)22(27)30-19)13-20(25)23-15-7-8-17-18(12-15)29-10-9-28-17/h3-8,12,19H,2,9-11,13H2,1H3,(H,23,25)/t19-/m1/s1. The summed E-state index contributed by atoms with van der Waals surface area (Å²) in [5, 5.41) is 2.76. The lowest BCUT2D eigenvalue weighted by molar-refractivity contribution is -0.143. The van der Waals surface area contributed by atoms with Crippen LogP contribution in [-0.2, 0) is 20.7 Å². The topological polar surface area (TPSA) is 94.2 Å². The molecule has 1 N–H and O–H groups in total. The highest BCUT2D eigenvalue weighted by Gasteiger charge is 2.34. The number of cyclic esters (lactones) is 1. The second-order valence-electron chi connectivity index (χ2n) is 7.01. The molecule has 1 atom stereocenters. The number of benzene rings is 2. The maximum Gasteiger partial charge on any atom is 0.339 e. The molecule has 4 rings (SSSR count). The molecule has 0 unspecified atom stereocenters. The van der Waals surface area contributed by atoms with Crippen LogP contribution in [0.1, 0.15) is 22.8 Å². The van der Waals surface area contributed by atoms with Crippen molar-refractivity contribution in [1.82, 2.24) is 4.90 Å². The maximum absolute atomic E-state index is 12.9. The van der Waals surface area contributed by atoms with Crippen LogP contribution in [0.15, 0.2) is 42.5 Å². The van der Waals surface area contributed by atoms with Gasteiger partial charge in [0.2, 0.25) is 5.91 Å². The molecule has 30 heavy (non-hydrogen) atoms. The first-order chi connectivity index (χ1) is 14.5. The number of anilines is 1. The van der Waals surface area contributed by atoms with Gasteiger partial charge in [0.1, 0.15) is 13.2 Å². The second-order valence-corrected chi connectivity index (χ2v) is 7.01. The summed E-state index contributed by atoms with van der Waals surface area (Å²) in [6.45, 7) is 2.87. The van der Waals surface area contributed by atoms with E-state index in [1.54, 1.807) is 43.3 Å². The predicted octanol–water partition coefficient (Wildman–Crippen LogP) is 2.03. The fourth-order valence-corrected chi connectivity index (χ4v) is 3.51. The number of likely N-dealkylation sites (N-methyl/N-ethyl adjacent to an activating group) is 1. The Balaban J connectivity index is 1.40. The Bertz CT molecular complexity index is 989. The van der Waals surface area contributed by atoms with Gasteiger partial charge in [0, 0.05) is 24.7 Å². The molecule has 2 heterocycles. The lowest BCUT2D eigenvalue weighted by Crippen LogP contribution is -2.47. The number of ether oxygens (including phenoxy) is 3. The van der Waals surface area contributed by atoms with E-state index in [1.807, 2.05) is 6.07 Å². The van der Waals surface area contributed by atoms with E-state index in [4.69, 9.17) is 14.2 Å². The number of nitrogens with one attached hydrogen (secondary N) is 1. The fraction of sp³-hybridized carbons (Fsp3) is 0.318. The van der Waals surface area contributed by atoms with Crippen LogP contribution in [0.25, 0.3) is 0 Å². The Kier molecular flexibility index (Phi) is 5.56. The molecule has 2 aliphatic heterocycles. The molecule has 8 heteroatoms. The van der Waals surface area contributed by atoms with Gasteiger partial charge in [-0.2, -0.15) is 0 Å². The van der Waals surface area contributed by atoms with E-state index in [0.717, 1.165) is 5.56 Å². The van der Waals surface area contributed by atoms with Crippen LogP contribution in [0, 0.1) is 0 Å². The molecule has 2 aromatic carbocycles. The van der Waals surface area contributed by atoms with Gasteiger partial charge in [-0.1, -0.05) is 18.2 Å². The summed E-state index contributed by atoms with van der Waals surface area (Å²) in [4.78, 5) is 39.0. The first-order valence-electron chi connectivity index (χ1n) is 9.82. The number of esters is 1. The zero-order valence-electron chi connectivity index (χ0n) is 16.6. The molecule has 156 valence electrons. The van der Waals surface area contributed by atoms with Crippen LogP contribution < -0.4 is 14.8 Å². The Morgan fingerprint density at radius 1 is 1.10 bits per heavy atom. The number of fused-ring (bicyclic) bond motifs is 2. The maximum atomic E-state index is 12.9. The average molecular weight is 410 g/mol. The van der Waals surface area contributed by atoms with Crippen molar-refractivity contribution in [2.24, 2.45) is 0 Å². The molecule has 2 amide bonds. The van der Waals surface area contributed by atoms with Gasteiger partial charge < -0.3 is 24.4 Å². The Morgan fingerprint density at radius 2 is 1.87 bits per heavy atom. The van der Waals surface area contributed by atoms with Crippen molar-refractivity contribution in [3.05, 3.63) is 53.6 Å². The van der Waals surface area contributed by atoms with Crippen molar-refractivity contribution in [3.8, 4) is 11.5 Å².